The maximum Gasteiger partial charge on any atom is 0.338 e. The molecule has 0 aliphatic heterocycles. The Bertz CT molecular complexity index is 690. The Hall–Kier alpha value is -2.87. The number of nitrogens with zero attached hydrogens (tertiary/aromatic N) is 2. The van der Waals surface area contributed by atoms with Gasteiger partial charge in [0.05, 0.1) is 23.9 Å². The van der Waals surface area contributed by atoms with E-state index in [-0.39, 0.29) is 0 Å². The van der Waals surface area contributed by atoms with Gasteiger partial charge in [0.25, 0.3) is 0 Å². The summed E-state index contributed by atoms with van der Waals surface area (Å²) in [7, 11) is 1.32. The molecular formula is C15H13N3O2. The Balaban J connectivity index is 2.34. The highest BCUT2D eigenvalue weighted by Crippen LogP contribution is 2.22. The summed E-state index contributed by atoms with van der Waals surface area (Å²) in [5, 5.41) is 12.2. The Morgan fingerprint density at radius 1 is 1.40 bits per heavy atom. The molecule has 1 heterocycles. The maximum absolute atomic E-state index is 11.5. The van der Waals surface area contributed by atoms with Crippen molar-refractivity contribution in [2.75, 3.05) is 12.4 Å². The molecule has 5 nitrogen and oxygen atoms in total. The Kier molecular flexibility index (Phi) is 3.96. The molecule has 0 saturated heterocycles. The summed E-state index contributed by atoms with van der Waals surface area (Å²) in [4.78, 5) is 15.6. The van der Waals surface area contributed by atoms with E-state index in [0.717, 1.165) is 5.56 Å². The number of methoxy groups -OCH3 is 1. The van der Waals surface area contributed by atoms with Crippen LogP contribution in [-0.4, -0.2) is 18.1 Å². The zero-order chi connectivity index (χ0) is 14.5. The van der Waals surface area contributed by atoms with E-state index in [2.05, 4.69) is 21.1 Å². The van der Waals surface area contributed by atoms with Crippen LogP contribution in [0.1, 0.15) is 21.5 Å². The summed E-state index contributed by atoms with van der Waals surface area (Å²) in [6.07, 6.45) is 1.51. The zero-order valence-corrected chi connectivity index (χ0v) is 11.2. The highest BCUT2D eigenvalue weighted by Gasteiger charge is 2.09. The first-order valence-corrected chi connectivity index (χ1v) is 5.97. The number of rotatable bonds is 3. The van der Waals surface area contributed by atoms with Gasteiger partial charge < -0.3 is 10.1 Å². The lowest BCUT2D eigenvalue weighted by Gasteiger charge is -2.09. The number of nitrogens with one attached hydrogen (secondary N) is 1. The molecule has 0 unspecified atom stereocenters. The Labute approximate surface area is 116 Å². The molecule has 0 bridgehead atoms. The predicted molar refractivity (Wildman–Crippen MR) is 74.8 cm³/mol. The fraction of sp³-hybridized carbons (Fsp3) is 0.133. The van der Waals surface area contributed by atoms with Crippen LogP contribution in [0.5, 0.6) is 0 Å². The molecule has 20 heavy (non-hydrogen) atoms. The standard InChI is InChI=1S/C15H13N3O2/c1-10-4-3-5-13(12(10)9-16)18-14-8-11(6-7-17-14)15(19)20-2/h3-8H,1-2H3,(H,17,18). The molecule has 100 valence electrons. The molecule has 0 amide bonds. The van der Waals surface area contributed by atoms with Gasteiger partial charge in [0.1, 0.15) is 11.9 Å². The van der Waals surface area contributed by atoms with E-state index in [1.165, 1.54) is 13.3 Å². The van der Waals surface area contributed by atoms with E-state index in [4.69, 9.17) is 0 Å². The lowest BCUT2D eigenvalue weighted by Crippen LogP contribution is -2.03. The smallest absolute Gasteiger partial charge is 0.338 e. The van der Waals surface area contributed by atoms with Crippen molar-refractivity contribution in [2.45, 2.75) is 6.92 Å². The molecular weight excluding hydrogens is 254 g/mol. The Morgan fingerprint density at radius 3 is 2.90 bits per heavy atom. The van der Waals surface area contributed by atoms with E-state index < -0.39 is 5.97 Å². The molecule has 5 heteroatoms. The van der Waals surface area contributed by atoms with Crippen LogP contribution in [-0.2, 0) is 4.74 Å². The third kappa shape index (κ3) is 2.75. The van der Waals surface area contributed by atoms with Crippen LogP contribution in [0.15, 0.2) is 36.5 Å². The molecule has 1 N–H and O–H groups in total. The number of aryl methyl sites for hydroxylation is 1. The van der Waals surface area contributed by atoms with Crippen molar-refractivity contribution in [1.82, 2.24) is 4.98 Å². The zero-order valence-electron chi connectivity index (χ0n) is 11.2. The van der Waals surface area contributed by atoms with Crippen molar-refractivity contribution in [3.05, 3.63) is 53.2 Å². The molecule has 0 aliphatic carbocycles. The van der Waals surface area contributed by atoms with Gasteiger partial charge in [-0.15, -0.1) is 0 Å². The van der Waals surface area contributed by atoms with Gasteiger partial charge in [-0.1, -0.05) is 12.1 Å². The number of hydrogen-bond acceptors (Lipinski definition) is 5. The van der Waals surface area contributed by atoms with Crippen LogP contribution in [0.3, 0.4) is 0 Å². The SMILES string of the molecule is COC(=O)c1ccnc(Nc2cccc(C)c2C#N)c1. The summed E-state index contributed by atoms with van der Waals surface area (Å²) < 4.78 is 4.66. The number of esters is 1. The fourth-order valence-corrected chi connectivity index (χ4v) is 1.80. The number of carbonyl (C=O) groups is 1. The number of benzene rings is 1. The molecule has 0 aliphatic rings. The third-order valence-electron chi connectivity index (χ3n) is 2.83. The number of hydrogen-bond donors (Lipinski definition) is 1. The monoisotopic (exact) mass is 267 g/mol. The van der Waals surface area contributed by atoms with Crippen LogP contribution < -0.4 is 5.32 Å². The summed E-state index contributed by atoms with van der Waals surface area (Å²) in [6.45, 7) is 1.86. The van der Waals surface area contributed by atoms with Gasteiger partial charge in [-0.25, -0.2) is 9.78 Å². The lowest BCUT2D eigenvalue weighted by molar-refractivity contribution is 0.0600. The van der Waals surface area contributed by atoms with Gasteiger partial charge in [-0.05, 0) is 30.7 Å². The second-order valence-electron chi connectivity index (χ2n) is 4.16. The highest BCUT2D eigenvalue weighted by molar-refractivity contribution is 5.90. The van der Waals surface area contributed by atoms with Crippen molar-refractivity contribution in [2.24, 2.45) is 0 Å². The van der Waals surface area contributed by atoms with Gasteiger partial charge >= 0.3 is 5.97 Å². The van der Waals surface area contributed by atoms with Crippen molar-refractivity contribution < 1.29 is 9.53 Å². The average molecular weight is 267 g/mol. The number of carbonyl (C=O) groups excluding carboxylic acids is 1. The number of pyridine rings is 1. The van der Waals surface area contributed by atoms with E-state index >= 15 is 0 Å². The molecule has 0 spiro atoms. The number of ether oxygens (including phenoxy) is 1. The summed E-state index contributed by atoms with van der Waals surface area (Å²) in [6, 6.07) is 10.8. The molecule has 0 fully saturated rings. The van der Waals surface area contributed by atoms with Crippen LogP contribution >= 0.6 is 0 Å². The first-order chi connectivity index (χ1) is 9.65. The molecule has 0 radical (unpaired) electrons. The van der Waals surface area contributed by atoms with Gasteiger partial charge in [0.15, 0.2) is 0 Å². The van der Waals surface area contributed by atoms with Crippen molar-refractivity contribution in [3.63, 3.8) is 0 Å². The van der Waals surface area contributed by atoms with Crippen molar-refractivity contribution in [1.29, 1.82) is 5.26 Å². The number of nitriles is 1. The molecule has 0 saturated carbocycles. The average Bonchev–Trinajstić information content (AvgIpc) is 2.47. The second kappa shape index (κ2) is 5.85. The maximum atomic E-state index is 11.5. The van der Waals surface area contributed by atoms with Crippen LogP contribution in [0.4, 0.5) is 11.5 Å². The largest absolute Gasteiger partial charge is 0.465 e. The Morgan fingerprint density at radius 2 is 2.20 bits per heavy atom. The predicted octanol–water partition coefficient (Wildman–Crippen LogP) is 2.79. The summed E-state index contributed by atoms with van der Waals surface area (Å²) in [5.74, 6) is 0.0511. The fourth-order valence-electron chi connectivity index (χ4n) is 1.80. The topological polar surface area (TPSA) is 75.0 Å². The van der Waals surface area contributed by atoms with Crippen molar-refractivity contribution >= 4 is 17.5 Å². The first-order valence-electron chi connectivity index (χ1n) is 5.97. The minimum atomic E-state index is -0.430. The van der Waals surface area contributed by atoms with Crippen LogP contribution in [0, 0.1) is 18.3 Å². The van der Waals surface area contributed by atoms with Gasteiger partial charge in [0.2, 0.25) is 0 Å². The van der Waals surface area contributed by atoms with Crippen molar-refractivity contribution in [3.8, 4) is 6.07 Å². The highest BCUT2D eigenvalue weighted by atomic mass is 16.5. The minimum Gasteiger partial charge on any atom is -0.465 e. The number of anilines is 2. The molecule has 0 atom stereocenters. The molecule has 1 aromatic heterocycles. The van der Waals surface area contributed by atoms with Gasteiger partial charge in [-0.2, -0.15) is 5.26 Å². The minimum absolute atomic E-state index is 0.399. The normalized spacial score (nSPS) is 9.65. The molecule has 2 rings (SSSR count). The summed E-state index contributed by atoms with van der Waals surface area (Å²) >= 11 is 0. The first kappa shape index (κ1) is 13.6. The quantitative estimate of drug-likeness (QED) is 0.865. The van der Waals surface area contributed by atoms with Crippen LogP contribution in [0.25, 0.3) is 0 Å². The van der Waals surface area contributed by atoms with Crippen LogP contribution in [0.2, 0.25) is 0 Å². The van der Waals surface area contributed by atoms with E-state index in [0.29, 0.717) is 22.6 Å². The second-order valence-corrected chi connectivity index (χ2v) is 4.16. The van der Waals surface area contributed by atoms with Gasteiger partial charge in [0, 0.05) is 6.20 Å². The van der Waals surface area contributed by atoms with E-state index in [1.54, 1.807) is 18.2 Å². The summed E-state index contributed by atoms with van der Waals surface area (Å²) in [5.41, 5.74) is 2.48. The van der Waals surface area contributed by atoms with E-state index in [9.17, 15) is 10.1 Å². The molecule has 1 aromatic carbocycles. The van der Waals surface area contributed by atoms with E-state index in [1.807, 2.05) is 19.1 Å². The molecule has 2 aromatic rings. The number of aromatic nitrogens is 1. The lowest BCUT2D eigenvalue weighted by atomic mass is 10.1. The van der Waals surface area contributed by atoms with Gasteiger partial charge in [-0.3, -0.25) is 0 Å². The third-order valence-corrected chi connectivity index (χ3v) is 2.83.